The van der Waals surface area contributed by atoms with Crippen LogP contribution < -0.4 is 5.32 Å². The normalized spacial score (nSPS) is 36.7. The van der Waals surface area contributed by atoms with Gasteiger partial charge in [-0.25, -0.2) is 0 Å². The van der Waals surface area contributed by atoms with Crippen molar-refractivity contribution < 1.29 is 4.79 Å². The molecular formula is C18H22ClNO. The third-order valence-corrected chi connectivity index (χ3v) is 6.22. The number of carbonyl (C=O) groups is 1. The van der Waals surface area contributed by atoms with Gasteiger partial charge < -0.3 is 5.32 Å². The van der Waals surface area contributed by atoms with Gasteiger partial charge in [0.15, 0.2) is 0 Å². The zero-order valence-electron chi connectivity index (χ0n) is 12.3. The minimum Gasteiger partial charge on any atom is -0.325 e. The van der Waals surface area contributed by atoms with Crippen LogP contribution in [0.5, 0.6) is 0 Å². The molecule has 0 aliphatic heterocycles. The highest BCUT2D eigenvalue weighted by molar-refractivity contribution is 6.17. The van der Waals surface area contributed by atoms with Gasteiger partial charge in [-0.3, -0.25) is 4.79 Å². The Labute approximate surface area is 131 Å². The summed E-state index contributed by atoms with van der Waals surface area (Å²) >= 11 is 5.98. The molecule has 21 heavy (non-hydrogen) atoms. The number of nitrogens with one attached hydrogen (secondary N) is 1. The van der Waals surface area contributed by atoms with E-state index in [2.05, 4.69) is 5.32 Å². The lowest BCUT2D eigenvalue weighted by atomic mass is 9.49. The molecule has 1 aromatic carbocycles. The molecular weight excluding hydrogens is 282 g/mol. The Kier molecular flexibility index (Phi) is 3.25. The van der Waals surface area contributed by atoms with Crippen LogP contribution in [-0.4, -0.2) is 5.91 Å². The first-order valence-electron chi connectivity index (χ1n) is 8.14. The summed E-state index contributed by atoms with van der Waals surface area (Å²) in [4.78, 5) is 13.0. The molecule has 4 aliphatic rings. The highest BCUT2D eigenvalue weighted by atomic mass is 35.5. The van der Waals surface area contributed by atoms with Crippen molar-refractivity contribution in [2.75, 3.05) is 5.32 Å². The van der Waals surface area contributed by atoms with E-state index < -0.39 is 0 Å². The number of benzene rings is 1. The van der Waals surface area contributed by atoms with Gasteiger partial charge in [-0.15, -0.1) is 11.6 Å². The molecule has 2 nitrogen and oxygen atoms in total. The molecule has 3 heteroatoms. The average Bonchev–Trinajstić information content (AvgIpc) is 2.46. The van der Waals surface area contributed by atoms with E-state index in [1.165, 1.54) is 19.3 Å². The van der Waals surface area contributed by atoms with E-state index in [-0.39, 0.29) is 11.3 Å². The van der Waals surface area contributed by atoms with Crippen molar-refractivity contribution >= 4 is 23.2 Å². The standard InChI is InChI=1S/C18H22ClNO/c19-11-15-3-1-2-4-16(15)20-17(21)18-8-12-5-13(9-18)7-14(6-12)10-18/h1-4,12-14H,5-11H2,(H,20,21). The van der Waals surface area contributed by atoms with Crippen molar-refractivity contribution in [3.63, 3.8) is 0 Å². The molecule has 0 aromatic heterocycles. The number of halogens is 1. The van der Waals surface area contributed by atoms with E-state index in [1.807, 2.05) is 24.3 Å². The molecule has 112 valence electrons. The van der Waals surface area contributed by atoms with Gasteiger partial charge >= 0.3 is 0 Å². The number of alkyl halides is 1. The summed E-state index contributed by atoms with van der Waals surface area (Å²) in [7, 11) is 0. The molecule has 1 aromatic rings. The van der Waals surface area contributed by atoms with E-state index in [9.17, 15) is 4.79 Å². The molecule has 0 heterocycles. The molecule has 1 N–H and O–H groups in total. The second-order valence-corrected chi connectivity index (χ2v) is 7.71. The fourth-order valence-corrected chi connectivity index (χ4v) is 5.64. The van der Waals surface area contributed by atoms with Crippen LogP contribution in [-0.2, 0) is 10.7 Å². The largest absolute Gasteiger partial charge is 0.325 e. The van der Waals surface area contributed by atoms with Gasteiger partial charge in [0.05, 0.1) is 5.41 Å². The summed E-state index contributed by atoms with van der Waals surface area (Å²) in [6.45, 7) is 0. The maximum Gasteiger partial charge on any atom is 0.230 e. The maximum atomic E-state index is 13.0. The maximum absolute atomic E-state index is 13.0. The van der Waals surface area contributed by atoms with Gasteiger partial charge in [-0.05, 0) is 67.9 Å². The smallest absolute Gasteiger partial charge is 0.230 e. The fourth-order valence-electron chi connectivity index (χ4n) is 5.40. The molecule has 4 fully saturated rings. The van der Waals surface area contributed by atoms with Crippen LogP contribution in [0.2, 0.25) is 0 Å². The summed E-state index contributed by atoms with van der Waals surface area (Å²) in [5, 5.41) is 3.20. The van der Waals surface area contributed by atoms with Gasteiger partial charge in [0.1, 0.15) is 0 Å². The quantitative estimate of drug-likeness (QED) is 0.814. The van der Waals surface area contributed by atoms with Crippen LogP contribution in [0.25, 0.3) is 0 Å². The number of hydrogen-bond donors (Lipinski definition) is 1. The van der Waals surface area contributed by atoms with Crippen LogP contribution in [0, 0.1) is 23.2 Å². The van der Waals surface area contributed by atoms with E-state index >= 15 is 0 Å². The number of anilines is 1. The van der Waals surface area contributed by atoms with E-state index in [4.69, 9.17) is 11.6 Å². The number of hydrogen-bond acceptors (Lipinski definition) is 1. The molecule has 0 unspecified atom stereocenters. The number of carbonyl (C=O) groups excluding carboxylic acids is 1. The summed E-state index contributed by atoms with van der Waals surface area (Å²) in [6.07, 6.45) is 7.41. The minimum absolute atomic E-state index is 0.0891. The van der Waals surface area contributed by atoms with E-state index in [0.717, 1.165) is 48.3 Å². The predicted octanol–water partition coefficient (Wildman–Crippen LogP) is 4.58. The Morgan fingerprint density at radius 1 is 1.10 bits per heavy atom. The Morgan fingerprint density at radius 2 is 1.67 bits per heavy atom. The number of rotatable bonds is 3. The number of amides is 1. The topological polar surface area (TPSA) is 29.1 Å². The van der Waals surface area contributed by atoms with Crippen LogP contribution in [0.15, 0.2) is 24.3 Å². The molecule has 5 rings (SSSR count). The minimum atomic E-state index is -0.0891. The van der Waals surface area contributed by atoms with Gasteiger partial charge in [-0.1, -0.05) is 18.2 Å². The predicted molar refractivity (Wildman–Crippen MR) is 85.2 cm³/mol. The van der Waals surface area contributed by atoms with E-state index in [1.54, 1.807) is 0 Å². The molecule has 0 saturated heterocycles. The summed E-state index contributed by atoms with van der Waals surface area (Å²) in [6, 6.07) is 7.89. The summed E-state index contributed by atoms with van der Waals surface area (Å²) < 4.78 is 0. The van der Waals surface area contributed by atoms with Crippen LogP contribution in [0.1, 0.15) is 44.1 Å². The molecule has 4 saturated carbocycles. The van der Waals surface area contributed by atoms with Crippen molar-refractivity contribution in [2.24, 2.45) is 23.2 Å². The molecule has 1 amide bonds. The lowest BCUT2D eigenvalue weighted by molar-refractivity contribution is -0.140. The van der Waals surface area contributed by atoms with Gasteiger partial charge in [0.2, 0.25) is 5.91 Å². The van der Waals surface area contributed by atoms with Gasteiger partial charge in [0, 0.05) is 11.6 Å². The van der Waals surface area contributed by atoms with Crippen molar-refractivity contribution in [2.45, 2.75) is 44.4 Å². The highest BCUT2D eigenvalue weighted by Gasteiger charge is 2.54. The molecule has 0 atom stereocenters. The third kappa shape index (κ3) is 2.28. The molecule has 0 radical (unpaired) electrons. The first kappa shape index (κ1) is 13.6. The lowest BCUT2D eigenvalue weighted by Crippen LogP contribution is -2.51. The first-order valence-corrected chi connectivity index (χ1v) is 8.67. The second-order valence-electron chi connectivity index (χ2n) is 7.44. The SMILES string of the molecule is O=C(Nc1ccccc1CCl)C12CC3CC(CC(C3)C1)C2. The zero-order chi connectivity index (χ0) is 14.4. The fraction of sp³-hybridized carbons (Fsp3) is 0.611. The van der Waals surface area contributed by atoms with Crippen molar-refractivity contribution in [1.82, 2.24) is 0 Å². The Balaban J connectivity index is 1.57. The third-order valence-electron chi connectivity index (χ3n) is 5.93. The zero-order valence-corrected chi connectivity index (χ0v) is 13.0. The summed E-state index contributed by atoms with van der Waals surface area (Å²) in [5.74, 6) is 3.08. The Hall–Kier alpha value is -1.02. The van der Waals surface area contributed by atoms with Gasteiger partial charge in [0.25, 0.3) is 0 Å². The Bertz CT molecular complexity index is 533. The lowest BCUT2D eigenvalue weighted by Gasteiger charge is -2.55. The number of para-hydroxylation sites is 1. The van der Waals surface area contributed by atoms with Gasteiger partial charge in [-0.2, -0.15) is 0 Å². The van der Waals surface area contributed by atoms with Crippen molar-refractivity contribution in [3.8, 4) is 0 Å². The van der Waals surface area contributed by atoms with Crippen molar-refractivity contribution in [1.29, 1.82) is 0 Å². The Morgan fingerprint density at radius 3 is 2.24 bits per heavy atom. The molecule has 0 spiro atoms. The molecule has 4 bridgehead atoms. The monoisotopic (exact) mass is 303 g/mol. The second kappa shape index (κ2) is 5.01. The van der Waals surface area contributed by atoms with Crippen LogP contribution in [0.3, 0.4) is 0 Å². The summed E-state index contributed by atoms with van der Waals surface area (Å²) in [5.41, 5.74) is 1.82. The van der Waals surface area contributed by atoms with Crippen molar-refractivity contribution in [3.05, 3.63) is 29.8 Å². The first-order chi connectivity index (χ1) is 10.2. The van der Waals surface area contributed by atoms with E-state index in [0.29, 0.717) is 5.88 Å². The highest BCUT2D eigenvalue weighted by Crippen LogP contribution is 2.60. The van der Waals surface area contributed by atoms with Crippen LogP contribution in [0.4, 0.5) is 5.69 Å². The average molecular weight is 304 g/mol. The van der Waals surface area contributed by atoms with Crippen LogP contribution >= 0.6 is 11.6 Å². The molecule has 4 aliphatic carbocycles.